The van der Waals surface area contributed by atoms with E-state index in [2.05, 4.69) is 9.97 Å². The number of fused-ring (bicyclic) bond motifs is 1. The smallest absolute Gasteiger partial charge is 0.266 e. The minimum absolute atomic E-state index is 0.133. The van der Waals surface area contributed by atoms with E-state index in [1.54, 1.807) is 41.2 Å². The molecule has 0 unspecified atom stereocenters. The van der Waals surface area contributed by atoms with Crippen LogP contribution < -0.4 is 5.56 Å². The van der Waals surface area contributed by atoms with Crippen molar-refractivity contribution in [2.24, 2.45) is 0 Å². The highest BCUT2D eigenvalue weighted by Gasteiger charge is 2.14. The largest absolute Gasteiger partial charge is 0.268 e. The SMILES string of the molecule is O=c1c2ccccc2nc(SCc2csc(-c3ccc(F)cc3)n2)n1-c1cccnc1. The lowest BCUT2D eigenvalue weighted by atomic mass is 10.2. The fourth-order valence-corrected chi connectivity index (χ4v) is 5.00. The number of para-hydroxylation sites is 1. The highest BCUT2D eigenvalue weighted by molar-refractivity contribution is 7.98. The third-order valence-corrected chi connectivity index (χ3v) is 6.55. The molecule has 3 heterocycles. The van der Waals surface area contributed by atoms with Crippen molar-refractivity contribution in [2.75, 3.05) is 0 Å². The van der Waals surface area contributed by atoms with Gasteiger partial charge in [0.05, 0.1) is 28.5 Å². The zero-order valence-corrected chi connectivity index (χ0v) is 17.7. The Bertz CT molecular complexity index is 1420. The molecule has 5 aromatic rings. The third-order valence-electron chi connectivity index (χ3n) is 4.64. The summed E-state index contributed by atoms with van der Waals surface area (Å²) in [7, 11) is 0. The molecule has 152 valence electrons. The molecule has 0 atom stereocenters. The number of hydrogen-bond donors (Lipinski definition) is 0. The van der Waals surface area contributed by atoms with Crippen LogP contribution in [0.25, 0.3) is 27.2 Å². The molecule has 0 fully saturated rings. The van der Waals surface area contributed by atoms with Crippen LogP contribution in [0.4, 0.5) is 4.39 Å². The van der Waals surface area contributed by atoms with Gasteiger partial charge in [-0.2, -0.15) is 0 Å². The average molecular weight is 447 g/mol. The Morgan fingerprint density at radius 2 is 1.84 bits per heavy atom. The van der Waals surface area contributed by atoms with Gasteiger partial charge in [-0.3, -0.25) is 14.3 Å². The van der Waals surface area contributed by atoms with Crippen molar-refractivity contribution >= 4 is 34.0 Å². The maximum atomic E-state index is 13.2. The number of rotatable bonds is 5. The lowest BCUT2D eigenvalue weighted by Crippen LogP contribution is -2.21. The topological polar surface area (TPSA) is 60.7 Å². The maximum Gasteiger partial charge on any atom is 0.266 e. The highest BCUT2D eigenvalue weighted by atomic mass is 32.2. The first-order valence-electron chi connectivity index (χ1n) is 9.44. The number of halogens is 1. The van der Waals surface area contributed by atoms with Gasteiger partial charge in [0, 0.05) is 22.9 Å². The minimum atomic E-state index is -0.271. The summed E-state index contributed by atoms with van der Waals surface area (Å²) in [5.74, 6) is 0.273. The van der Waals surface area contributed by atoms with E-state index in [4.69, 9.17) is 4.98 Å². The molecule has 0 radical (unpaired) electrons. The number of nitrogens with zero attached hydrogens (tertiary/aromatic N) is 4. The second-order valence-corrected chi connectivity index (χ2v) is 8.50. The van der Waals surface area contributed by atoms with Gasteiger partial charge in [0.1, 0.15) is 10.8 Å². The van der Waals surface area contributed by atoms with Crippen LogP contribution in [0.2, 0.25) is 0 Å². The number of benzene rings is 2. The standard InChI is InChI=1S/C23H15FN4OS2/c24-16-9-7-15(8-10-16)21-26-17(13-30-21)14-31-23-27-20-6-2-1-5-19(20)22(29)28(23)18-4-3-11-25-12-18/h1-13H,14H2. The molecule has 0 bridgehead atoms. The molecule has 0 saturated heterocycles. The van der Waals surface area contributed by atoms with E-state index in [9.17, 15) is 9.18 Å². The Hall–Kier alpha value is -3.36. The first kappa shape index (κ1) is 19.6. The van der Waals surface area contributed by atoms with Crippen LogP contribution in [-0.2, 0) is 5.75 Å². The number of thioether (sulfide) groups is 1. The van der Waals surface area contributed by atoms with Crippen molar-refractivity contribution in [3.63, 3.8) is 0 Å². The molecular weight excluding hydrogens is 431 g/mol. The monoisotopic (exact) mass is 446 g/mol. The molecule has 5 nitrogen and oxygen atoms in total. The molecule has 31 heavy (non-hydrogen) atoms. The Morgan fingerprint density at radius 1 is 1.00 bits per heavy atom. The quantitative estimate of drug-likeness (QED) is 0.270. The van der Waals surface area contributed by atoms with Gasteiger partial charge in [-0.25, -0.2) is 14.4 Å². The molecule has 5 rings (SSSR count). The van der Waals surface area contributed by atoms with Crippen LogP contribution in [0.15, 0.2) is 88.4 Å². The molecule has 3 aromatic heterocycles. The Labute approximate surface area is 185 Å². The fraction of sp³-hybridized carbons (Fsp3) is 0.0435. The second-order valence-electron chi connectivity index (χ2n) is 6.70. The van der Waals surface area contributed by atoms with Crippen molar-refractivity contribution in [1.82, 2.24) is 19.5 Å². The van der Waals surface area contributed by atoms with E-state index >= 15 is 0 Å². The summed E-state index contributed by atoms with van der Waals surface area (Å²) in [4.78, 5) is 26.8. The third kappa shape index (κ3) is 3.99. The summed E-state index contributed by atoms with van der Waals surface area (Å²) >= 11 is 2.95. The maximum absolute atomic E-state index is 13.2. The lowest BCUT2D eigenvalue weighted by molar-refractivity contribution is 0.628. The summed E-state index contributed by atoms with van der Waals surface area (Å²) < 4.78 is 14.8. The van der Waals surface area contributed by atoms with Crippen LogP contribution in [0, 0.1) is 5.82 Å². The minimum Gasteiger partial charge on any atom is -0.268 e. The van der Waals surface area contributed by atoms with Crippen LogP contribution in [0.3, 0.4) is 0 Å². The normalized spacial score (nSPS) is 11.1. The molecule has 0 N–H and O–H groups in total. The van der Waals surface area contributed by atoms with Crippen LogP contribution >= 0.6 is 23.1 Å². The van der Waals surface area contributed by atoms with E-state index in [1.807, 2.05) is 29.6 Å². The number of thiazole rings is 1. The summed E-state index contributed by atoms with van der Waals surface area (Å²) in [6.45, 7) is 0. The lowest BCUT2D eigenvalue weighted by Gasteiger charge is -2.12. The van der Waals surface area contributed by atoms with Crippen LogP contribution in [-0.4, -0.2) is 19.5 Å². The summed E-state index contributed by atoms with van der Waals surface area (Å²) in [5, 5.41) is 3.93. The molecule has 8 heteroatoms. The first-order valence-corrected chi connectivity index (χ1v) is 11.3. The molecule has 2 aromatic carbocycles. The highest BCUT2D eigenvalue weighted by Crippen LogP contribution is 2.28. The van der Waals surface area contributed by atoms with Crippen molar-refractivity contribution in [3.8, 4) is 16.3 Å². The van der Waals surface area contributed by atoms with Crippen LogP contribution in [0.1, 0.15) is 5.69 Å². The zero-order chi connectivity index (χ0) is 21.2. The van der Waals surface area contributed by atoms with Crippen molar-refractivity contribution < 1.29 is 4.39 Å². The predicted molar refractivity (Wildman–Crippen MR) is 122 cm³/mol. The van der Waals surface area contributed by atoms with Gasteiger partial charge in [0.2, 0.25) is 0 Å². The molecule has 0 saturated carbocycles. The van der Waals surface area contributed by atoms with Gasteiger partial charge in [-0.1, -0.05) is 23.9 Å². The molecular formula is C23H15FN4OS2. The fourth-order valence-electron chi connectivity index (χ4n) is 3.16. The Morgan fingerprint density at radius 3 is 2.65 bits per heavy atom. The van der Waals surface area contributed by atoms with Gasteiger partial charge >= 0.3 is 0 Å². The summed E-state index contributed by atoms with van der Waals surface area (Å²) in [6.07, 6.45) is 3.32. The Kier molecular flexibility index (Phi) is 5.31. The summed E-state index contributed by atoms with van der Waals surface area (Å²) in [5.41, 5.74) is 2.93. The van der Waals surface area contributed by atoms with Gasteiger partial charge in [0.25, 0.3) is 5.56 Å². The zero-order valence-electron chi connectivity index (χ0n) is 16.1. The van der Waals surface area contributed by atoms with Crippen LogP contribution in [0.5, 0.6) is 0 Å². The first-order chi connectivity index (χ1) is 15.2. The van der Waals surface area contributed by atoms with E-state index in [0.29, 0.717) is 27.5 Å². The van der Waals surface area contributed by atoms with Crippen molar-refractivity contribution in [2.45, 2.75) is 10.9 Å². The number of aromatic nitrogens is 4. The van der Waals surface area contributed by atoms with Crippen molar-refractivity contribution in [3.05, 3.63) is 100 Å². The molecule has 0 aliphatic carbocycles. The second kappa shape index (κ2) is 8.41. The number of pyridine rings is 1. The van der Waals surface area contributed by atoms with Crippen molar-refractivity contribution in [1.29, 1.82) is 0 Å². The Balaban J connectivity index is 1.49. The van der Waals surface area contributed by atoms with E-state index < -0.39 is 0 Å². The van der Waals surface area contributed by atoms with E-state index in [1.165, 1.54) is 35.2 Å². The molecule has 0 amide bonds. The van der Waals surface area contributed by atoms with E-state index in [-0.39, 0.29) is 11.4 Å². The predicted octanol–water partition coefficient (Wildman–Crippen LogP) is 5.34. The van der Waals surface area contributed by atoms with Gasteiger partial charge in [-0.15, -0.1) is 11.3 Å². The van der Waals surface area contributed by atoms with Gasteiger partial charge < -0.3 is 0 Å². The molecule has 0 aliphatic heterocycles. The average Bonchev–Trinajstić information content (AvgIpc) is 3.28. The molecule has 0 spiro atoms. The molecule has 0 aliphatic rings. The van der Waals surface area contributed by atoms with Gasteiger partial charge in [-0.05, 0) is 48.5 Å². The summed E-state index contributed by atoms with van der Waals surface area (Å²) in [6, 6.07) is 17.2. The van der Waals surface area contributed by atoms with Gasteiger partial charge in [0.15, 0.2) is 5.16 Å². The van der Waals surface area contributed by atoms with E-state index in [0.717, 1.165) is 16.3 Å². The number of hydrogen-bond acceptors (Lipinski definition) is 6.